The predicted molar refractivity (Wildman–Crippen MR) is 60.7 cm³/mol. The van der Waals surface area contributed by atoms with Crippen molar-refractivity contribution in [3.05, 3.63) is 35.9 Å². The lowest BCUT2D eigenvalue weighted by atomic mass is 9.96. The van der Waals surface area contributed by atoms with Gasteiger partial charge in [0.1, 0.15) is 12.2 Å². The van der Waals surface area contributed by atoms with E-state index >= 15 is 0 Å². The van der Waals surface area contributed by atoms with Gasteiger partial charge in [-0.1, -0.05) is 44.2 Å². The summed E-state index contributed by atoms with van der Waals surface area (Å²) in [6.45, 7) is 3.72. The van der Waals surface area contributed by atoms with Gasteiger partial charge in [-0.05, 0) is 11.5 Å². The van der Waals surface area contributed by atoms with Crippen LogP contribution in [0.3, 0.4) is 0 Å². The Morgan fingerprint density at radius 2 is 1.88 bits per heavy atom. The fraction of sp³-hybridized carbons (Fsp3) is 0.417. The molecule has 4 nitrogen and oxygen atoms in total. The van der Waals surface area contributed by atoms with Crippen LogP contribution in [0.5, 0.6) is 0 Å². The number of hydrogen-bond acceptors (Lipinski definition) is 3. The van der Waals surface area contributed by atoms with Crippen molar-refractivity contribution < 1.29 is 14.6 Å². The Hall–Kier alpha value is -1.55. The molecular formula is C12H17NO3. The van der Waals surface area contributed by atoms with Crippen LogP contribution in [-0.2, 0) is 4.74 Å². The van der Waals surface area contributed by atoms with Crippen molar-refractivity contribution in [2.45, 2.75) is 26.1 Å². The van der Waals surface area contributed by atoms with Crippen LogP contribution >= 0.6 is 0 Å². The maximum atomic E-state index is 10.7. The van der Waals surface area contributed by atoms with Crippen LogP contribution in [0.15, 0.2) is 30.3 Å². The van der Waals surface area contributed by atoms with Gasteiger partial charge in [-0.25, -0.2) is 4.79 Å². The molecule has 1 aromatic rings. The average Bonchev–Trinajstić information content (AvgIpc) is 2.25. The second-order valence-corrected chi connectivity index (χ2v) is 4.00. The summed E-state index contributed by atoms with van der Waals surface area (Å²) >= 11 is 0. The van der Waals surface area contributed by atoms with Gasteiger partial charge in [0.2, 0.25) is 0 Å². The first kappa shape index (κ1) is 12.5. The number of hydrogen-bond donors (Lipinski definition) is 2. The third-order valence-corrected chi connectivity index (χ3v) is 2.36. The molecule has 0 aliphatic carbocycles. The van der Waals surface area contributed by atoms with E-state index in [1.54, 1.807) is 12.1 Å². The Bertz CT molecular complexity index is 337. The SMILES string of the molecule is CC(C)C(OC(N)=O)C(O)c1ccccc1. The minimum absolute atomic E-state index is 0.0114. The first-order valence-electron chi connectivity index (χ1n) is 5.21. The van der Waals surface area contributed by atoms with Crippen molar-refractivity contribution in [2.24, 2.45) is 11.7 Å². The molecule has 0 saturated heterocycles. The first-order chi connectivity index (χ1) is 7.52. The molecule has 0 aromatic heterocycles. The highest BCUT2D eigenvalue weighted by molar-refractivity contribution is 5.64. The van der Waals surface area contributed by atoms with Gasteiger partial charge in [-0.15, -0.1) is 0 Å². The summed E-state index contributed by atoms with van der Waals surface area (Å²) in [4.78, 5) is 10.7. The zero-order valence-electron chi connectivity index (χ0n) is 9.46. The van der Waals surface area contributed by atoms with E-state index < -0.39 is 18.3 Å². The number of carbonyl (C=O) groups is 1. The molecule has 0 fully saturated rings. The fourth-order valence-electron chi connectivity index (χ4n) is 1.54. The molecular weight excluding hydrogens is 206 g/mol. The molecule has 1 aromatic carbocycles. The van der Waals surface area contributed by atoms with E-state index in [2.05, 4.69) is 0 Å². The van der Waals surface area contributed by atoms with Crippen LogP contribution in [0.2, 0.25) is 0 Å². The number of aliphatic hydroxyl groups excluding tert-OH is 1. The second kappa shape index (κ2) is 5.51. The van der Waals surface area contributed by atoms with Crippen LogP contribution in [0.4, 0.5) is 4.79 Å². The molecule has 0 radical (unpaired) electrons. The maximum absolute atomic E-state index is 10.7. The molecule has 0 spiro atoms. The van der Waals surface area contributed by atoms with E-state index in [-0.39, 0.29) is 5.92 Å². The van der Waals surface area contributed by atoms with E-state index in [0.29, 0.717) is 5.56 Å². The van der Waals surface area contributed by atoms with Gasteiger partial charge >= 0.3 is 6.09 Å². The number of benzene rings is 1. The highest BCUT2D eigenvalue weighted by atomic mass is 16.6. The van der Waals surface area contributed by atoms with Crippen molar-refractivity contribution in [3.8, 4) is 0 Å². The van der Waals surface area contributed by atoms with Gasteiger partial charge < -0.3 is 15.6 Å². The second-order valence-electron chi connectivity index (χ2n) is 4.00. The molecule has 0 saturated carbocycles. The molecule has 1 rings (SSSR count). The molecule has 0 aliphatic rings. The van der Waals surface area contributed by atoms with E-state index in [1.165, 1.54) is 0 Å². The summed E-state index contributed by atoms with van der Waals surface area (Å²) in [7, 11) is 0. The first-order valence-corrected chi connectivity index (χ1v) is 5.21. The molecule has 0 aliphatic heterocycles. The van der Waals surface area contributed by atoms with E-state index in [9.17, 15) is 9.90 Å². The maximum Gasteiger partial charge on any atom is 0.404 e. The molecule has 1 amide bonds. The van der Waals surface area contributed by atoms with Gasteiger partial charge in [0.05, 0.1) is 0 Å². The van der Waals surface area contributed by atoms with Crippen molar-refractivity contribution in [2.75, 3.05) is 0 Å². The summed E-state index contributed by atoms with van der Waals surface area (Å²) < 4.78 is 4.92. The number of aliphatic hydroxyl groups is 1. The quantitative estimate of drug-likeness (QED) is 0.818. The normalized spacial score (nSPS) is 14.5. The minimum Gasteiger partial charge on any atom is -0.443 e. The van der Waals surface area contributed by atoms with Gasteiger partial charge in [0.15, 0.2) is 0 Å². The summed E-state index contributed by atoms with van der Waals surface area (Å²) in [5.41, 5.74) is 5.69. The van der Waals surface area contributed by atoms with Crippen molar-refractivity contribution >= 4 is 6.09 Å². The van der Waals surface area contributed by atoms with Gasteiger partial charge in [-0.2, -0.15) is 0 Å². The fourth-order valence-corrected chi connectivity index (χ4v) is 1.54. The summed E-state index contributed by atoms with van der Waals surface area (Å²) in [5.74, 6) is -0.0114. The highest BCUT2D eigenvalue weighted by Crippen LogP contribution is 2.24. The van der Waals surface area contributed by atoms with Crippen molar-refractivity contribution in [3.63, 3.8) is 0 Å². The van der Waals surface area contributed by atoms with Crippen LogP contribution < -0.4 is 5.73 Å². The Morgan fingerprint density at radius 1 is 1.31 bits per heavy atom. The predicted octanol–water partition coefficient (Wildman–Crippen LogP) is 1.84. The topological polar surface area (TPSA) is 72.5 Å². The lowest BCUT2D eigenvalue weighted by molar-refractivity contribution is -0.0196. The monoisotopic (exact) mass is 223 g/mol. The minimum atomic E-state index is -0.867. The zero-order chi connectivity index (χ0) is 12.1. The number of rotatable bonds is 4. The summed E-state index contributed by atoms with van der Waals surface area (Å²) in [5, 5.41) is 10.1. The molecule has 2 unspecified atom stereocenters. The van der Waals surface area contributed by atoms with Crippen LogP contribution in [0.1, 0.15) is 25.5 Å². The van der Waals surface area contributed by atoms with Crippen LogP contribution in [0.25, 0.3) is 0 Å². The number of nitrogens with two attached hydrogens (primary N) is 1. The van der Waals surface area contributed by atoms with Crippen molar-refractivity contribution in [1.82, 2.24) is 0 Å². The van der Waals surface area contributed by atoms with Crippen LogP contribution in [-0.4, -0.2) is 17.3 Å². The Morgan fingerprint density at radius 3 is 2.31 bits per heavy atom. The van der Waals surface area contributed by atoms with E-state index in [1.807, 2.05) is 32.0 Å². The van der Waals surface area contributed by atoms with E-state index in [4.69, 9.17) is 10.5 Å². The number of carbonyl (C=O) groups excluding carboxylic acids is 1. The van der Waals surface area contributed by atoms with Gasteiger partial charge in [-0.3, -0.25) is 0 Å². The third-order valence-electron chi connectivity index (χ3n) is 2.36. The van der Waals surface area contributed by atoms with Crippen molar-refractivity contribution in [1.29, 1.82) is 0 Å². The third kappa shape index (κ3) is 3.24. The number of primary amides is 1. The molecule has 3 N–H and O–H groups in total. The molecule has 88 valence electrons. The lowest BCUT2D eigenvalue weighted by Crippen LogP contribution is -2.32. The average molecular weight is 223 g/mol. The molecule has 2 atom stereocenters. The van der Waals surface area contributed by atoms with Gasteiger partial charge in [0, 0.05) is 0 Å². The zero-order valence-corrected chi connectivity index (χ0v) is 9.46. The molecule has 0 heterocycles. The Labute approximate surface area is 95.0 Å². The van der Waals surface area contributed by atoms with E-state index in [0.717, 1.165) is 0 Å². The largest absolute Gasteiger partial charge is 0.443 e. The molecule has 0 bridgehead atoms. The Kier molecular flexibility index (Phi) is 4.31. The number of ether oxygens (including phenoxy) is 1. The lowest BCUT2D eigenvalue weighted by Gasteiger charge is -2.25. The highest BCUT2D eigenvalue weighted by Gasteiger charge is 2.26. The van der Waals surface area contributed by atoms with Gasteiger partial charge in [0.25, 0.3) is 0 Å². The molecule has 4 heteroatoms. The standard InChI is InChI=1S/C12H17NO3/c1-8(2)11(16-12(13)15)10(14)9-6-4-3-5-7-9/h3-8,10-11,14H,1-2H3,(H2,13,15). The summed E-state index contributed by atoms with van der Waals surface area (Å²) in [6, 6.07) is 9.06. The smallest absolute Gasteiger partial charge is 0.404 e. The molecule has 16 heavy (non-hydrogen) atoms. The van der Waals surface area contributed by atoms with Crippen LogP contribution in [0, 0.1) is 5.92 Å². The Balaban J connectivity index is 2.83. The summed E-state index contributed by atoms with van der Waals surface area (Å²) in [6.07, 6.45) is -2.35. The number of amides is 1.